The molecule has 1 aromatic carbocycles. The molecule has 0 bridgehead atoms. The van der Waals surface area contributed by atoms with Gasteiger partial charge in [0.05, 0.1) is 17.0 Å². The van der Waals surface area contributed by atoms with Crippen molar-refractivity contribution in [3.8, 4) is 0 Å². The van der Waals surface area contributed by atoms with Gasteiger partial charge in [0.25, 0.3) is 0 Å². The van der Waals surface area contributed by atoms with Gasteiger partial charge in [0, 0.05) is 22.1 Å². The molecule has 0 aliphatic rings. The molecule has 2 N–H and O–H groups in total. The van der Waals surface area contributed by atoms with Crippen molar-refractivity contribution in [2.75, 3.05) is 0 Å². The van der Waals surface area contributed by atoms with Crippen LogP contribution in [0.1, 0.15) is 10.4 Å². The maximum Gasteiger partial charge on any atom is 0.242 e. The normalized spacial score (nSPS) is 11.7. The first-order chi connectivity index (χ1) is 9.03. The third kappa shape index (κ3) is 3.61. The summed E-state index contributed by atoms with van der Waals surface area (Å²) in [6.45, 7) is 0.0778. The Morgan fingerprint density at radius 1 is 1.42 bits per heavy atom. The summed E-state index contributed by atoms with van der Waals surface area (Å²) in [4.78, 5) is 4.87. The van der Waals surface area contributed by atoms with Crippen LogP contribution in [-0.4, -0.2) is 18.5 Å². The predicted octanol–water partition coefficient (Wildman–Crippen LogP) is 1.88. The van der Waals surface area contributed by atoms with E-state index in [4.69, 9.17) is 5.11 Å². The molecule has 0 radical (unpaired) electrons. The number of aliphatic hydroxyl groups excluding tert-OH is 1. The summed E-state index contributed by atoms with van der Waals surface area (Å²) in [5, 5.41) is 8.99. The van der Waals surface area contributed by atoms with Crippen molar-refractivity contribution in [2.45, 2.75) is 18.0 Å². The largest absolute Gasteiger partial charge is 0.392 e. The first kappa shape index (κ1) is 14.6. The molecule has 19 heavy (non-hydrogen) atoms. The molecule has 0 fully saturated rings. The van der Waals surface area contributed by atoms with Crippen LogP contribution >= 0.6 is 27.3 Å². The average Bonchev–Trinajstić information content (AvgIpc) is 2.89. The Labute approximate surface area is 123 Å². The first-order valence-corrected chi connectivity index (χ1v) is 8.45. The number of hydrogen-bond donors (Lipinski definition) is 2. The van der Waals surface area contributed by atoms with Crippen molar-refractivity contribution in [2.24, 2.45) is 0 Å². The number of rotatable bonds is 5. The van der Waals surface area contributed by atoms with E-state index in [9.17, 15) is 8.42 Å². The van der Waals surface area contributed by atoms with Crippen LogP contribution in [0.3, 0.4) is 0 Å². The van der Waals surface area contributed by atoms with E-state index in [2.05, 4.69) is 25.6 Å². The van der Waals surface area contributed by atoms with Crippen LogP contribution < -0.4 is 4.72 Å². The van der Waals surface area contributed by atoms with E-state index in [1.165, 1.54) is 17.4 Å². The number of nitrogens with zero attached hydrogens (tertiary/aromatic N) is 1. The third-order valence-corrected chi connectivity index (χ3v) is 5.55. The molecule has 0 amide bonds. The van der Waals surface area contributed by atoms with Crippen molar-refractivity contribution in [3.05, 3.63) is 44.8 Å². The zero-order chi connectivity index (χ0) is 13.9. The van der Waals surface area contributed by atoms with Crippen molar-refractivity contribution in [1.29, 1.82) is 0 Å². The molecule has 0 saturated carbocycles. The number of aromatic nitrogens is 1. The number of aliphatic hydroxyl groups is 1. The van der Waals surface area contributed by atoms with Gasteiger partial charge in [-0.3, -0.25) is 4.98 Å². The lowest BCUT2D eigenvalue weighted by atomic mass is 10.2. The quantitative estimate of drug-likeness (QED) is 0.850. The minimum absolute atomic E-state index is 0.132. The highest BCUT2D eigenvalue weighted by molar-refractivity contribution is 9.10. The molecule has 0 saturated heterocycles. The molecule has 0 aliphatic carbocycles. The van der Waals surface area contributed by atoms with Crippen molar-refractivity contribution in [1.82, 2.24) is 9.71 Å². The number of thiazole rings is 1. The second-order valence-electron chi connectivity index (χ2n) is 3.72. The second-order valence-corrected chi connectivity index (χ2v) is 7.28. The Hall–Kier alpha value is -0.800. The molecule has 2 rings (SSSR count). The minimum atomic E-state index is -3.59. The maximum atomic E-state index is 12.1. The van der Waals surface area contributed by atoms with Gasteiger partial charge in [0.2, 0.25) is 10.0 Å². The highest BCUT2D eigenvalue weighted by Crippen LogP contribution is 2.23. The van der Waals surface area contributed by atoms with Crippen LogP contribution in [0.4, 0.5) is 0 Å². The predicted molar refractivity (Wildman–Crippen MR) is 76.2 cm³/mol. The highest BCUT2D eigenvalue weighted by Gasteiger charge is 2.17. The fourth-order valence-electron chi connectivity index (χ4n) is 1.43. The molecular weight excluding hydrogens is 352 g/mol. The molecule has 0 atom stereocenters. The van der Waals surface area contributed by atoms with Gasteiger partial charge in [-0.1, -0.05) is 6.07 Å². The average molecular weight is 363 g/mol. The fraction of sp³-hybridized carbons (Fsp3) is 0.182. The lowest BCUT2D eigenvalue weighted by molar-refractivity contribution is 0.281. The van der Waals surface area contributed by atoms with Crippen molar-refractivity contribution in [3.63, 3.8) is 0 Å². The molecule has 0 aliphatic heterocycles. The van der Waals surface area contributed by atoms with Crippen LogP contribution in [-0.2, 0) is 23.2 Å². The number of nitrogens with one attached hydrogen (secondary N) is 1. The van der Waals surface area contributed by atoms with Gasteiger partial charge >= 0.3 is 0 Å². The van der Waals surface area contributed by atoms with Crippen molar-refractivity contribution >= 4 is 37.3 Å². The number of hydrogen-bond acceptors (Lipinski definition) is 5. The topological polar surface area (TPSA) is 79.3 Å². The summed E-state index contributed by atoms with van der Waals surface area (Å²) in [5.41, 5.74) is 2.29. The van der Waals surface area contributed by atoms with Crippen LogP contribution in [0, 0.1) is 0 Å². The standard InChI is InChI=1S/C11H11BrN2O3S2/c12-10-3-8(6-15)1-2-11(10)19(16,17)14-5-9-4-13-7-18-9/h1-4,7,14-15H,5-6H2. The molecule has 0 spiro atoms. The van der Waals surface area contributed by atoms with Gasteiger partial charge in [-0.25, -0.2) is 13.1 Å². The fourth-order valence-corrected chi connectivity index (χ4v) is 4.19. The Kier molecular flexibility index (Phi) is 4.69. The molecule has 0 unspecified atom stereocenters. The Morgan fingerprint density at radius 2 is 2.21 bits per heavy atom. The van der Waals surface area contributed by atoms with E-state index in [1.54, 1.807) is 23.8 Å². The second kappa shape index (κ2) is 6.10. The molecular formula is C11H11BrN2O3S2. The molecule has 2 aromatic rings. The van der Waals surface area contributed by atoms with Crippen LogP contribution in [0.15, 0.2) is 39.3 Å². The smallest absolute Gasteiger partial charge is 0.242 e. The van der Waals surface area contributed by atoms with Crippen molar-refractivity contribution < 1.29 is 13.5 Å². The van der Waals surface area contributed by atoms with Gasteiger partial charge in [-0.15, -0.1) is 11.3 Å². The van der Waals surface area contributed by atoms with Gasteiger partial charge in [-0.2, -0.15) is 0 Å². The summed E-state index contributed by atoms with van der Waals surface area (Å²) in [7, 11) is -3.59. The van der Waals surface area contributed by atoms with E-state index in [1.807, 2.05) is 0 Å². The summed E-state index contributed by atoms with van der Waals surface area (Å²) in [6, 6.07) is 4.62. The van der Waals surface area contributed by atoms with E-state index in [-0.39, 0.29) is 18.0 Å². The van der Waals surface area contributed by atoms with Gasteiger partial charge in [-0.05, 0) is 33.6 Å². The first-order valence-electron chi connectivity index (χ1n) is 5.29. The zero-order valence-corrected chi connectivity index (χ0v) is 12.9. The maximum absolute atomic E-state index is 12.1. The summed E-state index contributed by atoms with van der Waals surface area (Å²) < 4.78 is 27.2. The summed E-state index contributed by atoms with van der Waals surface area (Å²) >= 11 is 4.59. The van der Waals surface area contributed by atoms with E-state index in [0.717, 1.165) is 4.88 Å². The number of sulfonamides is 1. The van der Waals surface area contributed by atoms with E-state index >= 15 is 0 Å². The van der Waals surface area contributed by atoms with Gasteiger partial charge < -0.3 is 5.11 Å². The zero-order valence-electron chi connectivity index (χ0n) is 9.71. The Balaban J connectivity index is 2.19. The number of benzene rings is 1. The lowest BCUT2D eigenvalue weighted by Crippen LogP contribution is -2.23. The molecule has 1 aromatic heterocycles. The van der Waals surface area contributed by atoms with Crippen LogP contribution in [0.5, 0.6) is 0 Å². The Morgan fingerprint density at radius 3 is 2.79 bits per heavy atom. The lowest BCUT2D eigenvalue weighted by Gasteiger charge is -2.08. The van der Waals surface area contributed by atoms with Gasteiger partial charge in [0.1, 0.15) is 0 Å². The highest BCUT2D eigenvalue weighted by atomic mass is 79.9. The molecule has 8 heteroatoms. The molecule has 5 nitrogen and oxygen atoms in total. The Bertz CT molecular complexity index is 657. The monoisotopic (exact) mass is 362 g/mol. The van der Waals surface area contributed by atoms with Crippen LogP contribution in [0.25, 0.3) is 0 Å². The number of halogens is 1. The third-order valence-electron chi connectivity index (χ3n) is 2.39. The summed E-state index contributed by atoms with van der Waals surface area (Å²) in [5.74, 6) is 0. The molecule has 102 valence electrons. The minimum Gasteiger partial charge on any atom is -0.392 e. The summed E-state index contributed by atoms with van der Waals surface area (Å²) in [6.07, 6.45) is 1.62. The van der Waals surface area contributed by atoms with E-state index in [0.29, 0.717) is 10.0 Å². The molecule has 1 heterocycles. The SMILES string of the molecule is O=S(=O)(NCc1cncs1)c1ccc(CO)cc1Br. The van der Waals surface area contributed by atoms with Crippen LogP contribution in [0.2, 0.25) is 0 Å². The van der Waals surface area contributed by atoms with Gasteiger partial charge in [0.15, 0.2) is 0 Å². The van der Waals surface area contributed by atoms with E-state index < -0.39 is 10.0 Å².